The number of nitrogens with one attached hydrogen (secondary N) is 1. The number of amidine groups is 1. The number of halogens is 6. The highest BCUT2D eigenvalue weighted by molar-refractivity contribution is 6.35. The standard InChI is InChI=1S/C26H28Cl2F4N4O2/c1-23(2,3)13-24(4,5)34-22(37)19-6-14-11-36(12-15(14)10-33-19)20-9-25(38-35-20,26(30,31)32)16-7-17(27)21(29)18(28)8-16/h6-8,10H,9,11-13H2,1-5H3,(H,34,37). The van der Waals surface area contributed by atoms with Gasteiger partial charge in [-0.05, 0) is 55.0 Å². The second kappa shape index (κ2) is 9.55. The van der Waals surface area contributed by atoms with Gasteiger partial charge in [0.15, 0.2) is 5.82 Å². The minimum atomic E-state index is -4.90. The highest BCUT2D eigenvalue weighted by atomic mass is 35.5. The fourth-order valence-corrected chi connectivity index (χ4v) is 5.66. The van der Waals surface area contributed by atoms with Gasteiger partial charge in [-0.25, -0.2) is 4.39 Å². The second-order valence-electron chi connectivity index (χ2n) is 11.6. The third-order valence-corrected chi connectivity index (χ3v) is 7.00. The van der Waals surface area contributed by atoms with Crippen molar-refractivity contribution in [1.29, 1.82) is 0 Å². The van der Waals surface area contributed by atoms with E-state index in [9.17, 15) is 22.4 Å². The Kier molecular flexibility index (Phi) is 7.14. The monoisotopic (exact) mass is 574 g/mol. The van der Waals surface area contributed by atoms with E-state index in [-0.39, 0.29) is 35.9 Å². The number of rotatable bonds is 4. The van der Waals surface area contributed by atoms with E-state index in [0.29, 0.717) is 0 Å². The topological polar surface area (TPSA) is 66.8 Å². The summed E-state index contributed by atoms with van der Waals surface area (Å²) in [6, 6.07) is 3.34. The summed E-state index contributed by atoms with van der Waals surface area (Å²) in [5, 5.41) is 5.67. The molecule has 0 spiro atoms. The maximum Gasteiger partial charge on any atom is 0.435 e. The molecule has 0 bridgehead atoms. The Morgan fingerprint density at radius 3 is 2.26 bits per heavy atom. The van der Waals surface area contributed by atoms with E-state index in [1.165, 1.54) is 0 Å². The zero-order valence-corrected chi connectivity index (χ0v) is 23.1. The Balaban J connectivity index is 1.52. The lowest BCUT2D eigenvalue weighted by Gasteiger charge is -2.33. The Bertz CT molecular complexity index is 1280. The SMILES string of the molecule is CC(C)(C)CC(C)(C)NC(=O)c1cc2c(cn1)CN(C1=NOC(c3cc(Cl)c(F)c(Cl)c3)(C(F)(F)F)C1)C2. The number of oxime groups is 1. The van der Waals surface area contributed by atoms with Crippen molar-refractivity contribution in [2.75, 3.05) is 0 Å². The molecule has 1 aromatic heterocycles. The van der Waals surface area contributed by atoms with Crippen LogP contribution in [0.15, 0.2) is 29.6 Å². The lowest BCUT2D eigenvalue weighted by molar-refractivity contribution is -0.275. The molecule has 2 aromatic rings. The molecular formula is C26H28Cl2F4N4O2. The second-order valence-corrected chi connectivity index (χ2v) is 12.4. The first-order chi connectivity index (χ1) is 17.4. The van der Waals surface area contributed by atoms with Gasteiger partial charge in [0.1, 0.15) is 11.5 Å². The molecule has 1 aromatic carbocycles. The van der Waals surface area contributed by atoms with Crippen molar-refractivity contribution in [3.05, 3.63) is 62.6 Å². The van der Waals surface area contributed by atoms with Crippen LogP contribution in [0.3, 0.4) is 0 Å². The Hall–Kier alpha value is -2.59. The molecule has 0 fully saturated rings. The van der Waals surface area contributed by atoms with Gasteiger partial charge in [-0.2, -0.15) is 13.2 Å². The molecule has 2 aliphatic rings. The zero-order valence-electron chi connectivity index (χ0n) is 21.6. The van der Waals surface area contributed by atoms with E-state index in [4.69, 9.17) is 28.0 Å². The van der Waals surface area contributed by atoms with E-state index in [1.807, 2.05) is 13.8 Å². The fourth-order valence-electron chi connectivity index (χ4n) is 5.18. The number of aromatic nitrogens is 1. The van der Waals surface area contributed by atoms with Crippen LogP contribution in [0, 0.1) is 11.2 Å². The molecule has 6 nitrogen and oxygen atoms in total. The van der Waals surface area contributed by atoms with Gasteiger partial charge < -0.3 is 15.1 Å². The summed E-state index contributed by atoms with van der Waals surface area (Å²) < 4.78 is 56.8. The average Bonchev–Trinajstić information content (AvgIpc) is 3.39. The predicted molar refractivity (Wildman–Crippen MR) is 136 cm³/mol. The predicted octanol–water partition coefficient (Wildman–Crippen LogP) is 6.98. The number of amides is 1. The summed E-state index contributed by atoms with van der Waals surface area (Å²) in [4.78, 5) is 23.8. The molecule has 0 saturated heterocycles. The number of hydrogen-bond donors (Lipinski definition) is 1. The van der Waals surface area contributed by atoms with Crippen LogP contribution >= 0.6 is 23.2 Å². The van der Waals surface area contributed by atoms with Crippen LogP contribution in [0.1, 0.15) is 74.6 Å². The maximum absolute atomic E-state index is 14.3. The molecule has 38 heavy (non-hydrogen) atoms. The average molecular weight is 575 g/mol. The van der Waals surface area contributed by atoms with E-state index < -0.39 is 45.2 Å². The lowest BCUT2D eigenvalue weighted by atomic mass is 9.82. The Morgan fingerprint density at radius 1 is 1.08 bits per heavy atom. The van der Waals surface area contributed by atoms with Crippen LogP contribution in [-0.2, 0) is 23.5 Å². The number of nitrogens with zero attached hydrogens (tertiary/aromatic N) is 3. The van der Waals surface area contributed by atoms with Crippen molar-refractivity contribution in [2.24, 2.45) is 10.6 Å². The van der Waals surface area contributed by atoms with E-state index in [0.717, 1.165) is 29.7 Å². The molecule has 2 aliphatic heterocycles. The van der Waals surface area contributed by atoms with Gasteiger partial charge in [-0.3, -0.25) is 9.78 Å². The van der Waals surface area contributed by atoms with Crippen molar-refractivity contribution in [1.82, 2.24) is 15.2 Å². The first kappa shape index (κ1) is 28.4. The molecule has 206 valence electrons. The Morgan fingerprint density at radius 2 is 1.68 bits per heavy atom. The highest BCUT2D eigenvalue weighted by Crippen LogP contribution is 2.50. The summed E-state index contributed by atoms with van der Waals surface area (Å²) in [5.74, 6) is -1.30. The number of hydrogen-bond acceptors (Lipinski definition) is 5. The molecular weight excluding hydrogens is 547 g/mol. The van der Waals surface area contributed by atoms with Crippen LogP contribution < -0.4 is 5.32 Å². The van der Waals surface area contributed by atoms with Crippen LogP contribution in [0.2, 0.25) is 10.0 Å². The molecule has 0 aliphatic carbocycles. The molecule has 4 rings (SSSR count). The van der Waals surface area contributed by atoms with Gasteiger partial charge in [0.25, 0.3) is 11.5 Å². The first-order valence-corrected chi connectivity index (χ1v) is 12.7. The lowest BCUT2D eigenvalue weighted by Crippen LogP contribution is -2.46. The molecule has 0 radical (unpaired) electrons. The highest BCUT2D eigenvalue weighted by Gasteiger charge is 2.63. The summed E-state index contributed by atoms with van der Waals surface area (Å²) in [7, 11) is 0. The number of alkyl halides is 3. The van der Waals surface area contributed by atoms with Crippen molar-refractivity contribution < 1.29 is 27.2 Å². The van der Waals surface area contributed by atoms with Crippen molar-refractivity contribution in [3.8, 4) is 0 Å². The number of fused-ring (bicyclic) bond motifs is 1. The smallest absolute Gasteiger partial charge is 0.372 e. The molecule has 1 amide bonds. The first-order valence-electron chi connectivity index (χ1n) is 11.9. The van der Waals surface area contributed by atoms with Gasteiger partial charge in [0.05, 0.1) is 16.5 Å². The quantitative estimate of drug-likeness (QED) is 0.316. The largest absolute Gasteiger partial charge is 0.435 e. The number of benzene rings is 1. The fraction of sp³-hybridized carbons (Fsp3) is 0.500. The zero-order chi connectivity index (χ0) is 28.3. The normalized spacial score (nSPS) is 19.8. The molecule has 0 saturated carbocycles. The number of carbonyl (C=O) groups is 1. The molecule has 1 unspecified atom stereocenters. The minimum absolute atomic E-state index is 0.00291. The van der Waals surface area contributed by atoms with Gasteiger partial charge in [-0.1, -0.05) is 49.1 Å². The third-order valence-electron chi connectivity index (χ3n) is 6.45. The van der Waals surface area contributed by atoms with Crippen molar-refractivity contribution in [3.63, 3.8) is 0 Å². The van der Waals surface area contributed by atoms with E-state index >= 15 is 0 Å². The summed E-state index contributed by atoms with van der Waals surface area (Å²) in [5.41, 5.74) is -2.06. The Labute approximate surface area is 228 Å². The molecule has 1 N–H and O–H groups in total. The minimum Gasteiger partial charge on any atom is -0.372 e. The molecule has 12 heteroatoms. The molecule has 3 heterocycles. The van der Waals surface area contributed by atoms with E-state index in [1.54, 1.807) is 17.2 Å². The van der Waals surface area contributed by atoms with Gasteiger partial charge in [0, 0.05) is 30.4 Å². The van der Waals surface area contributed by atoms with Gasteiger partial charge in [-0.15, -0.1) is 0 Å². The summed E-state index contributed by atoms with van der Waals surface area (Å²) >= 11 is 11.6. The number of pyridine rings is 1. The summed E-state index contributed by atoms with van der Waals surface area (Å²) in [6.07, 6.45) is -3.27. The van der Waals surface area contributed by atoms with Crippen LogP contribution in [0.25, 0.3) is 0 Å². The maximum atomic E-state index is 14.3. The van der Waals surface area contributed by atoms with E-state index in [2.05, 4.69) is 36.2 Å². The third kappa shape index (κ3) is 5.57. The number of carbonyl (C=O) groups excluding carboxylic acids is 1. The van der Waals surface area contributed by atoms with Gasteiger partial charge >= 0.3 is 6.18 Å². The van der Waals surface area contributed by atoms with Crippen LogP contribution in [-0.4, -0.2) is 33.3 Å². The van der Waals surface area contributed by atoms with Gasteiger partial charge in [0.2, 0.25) is 0 Å². The van der Waals surface area contributed by atoms with Crippen molar-refractivity contribution >= 4 is 34.9 Å². The molecule has 1 atom stereocenters. The van der Waals surface area contributed by atoms with Crippen LogP contribution in [0.5, 0.6) is 0 Å². The van der Waals surface area contributed by atoms with Crippen LogP contribution in [0.4, 0.5) is 17.6 Å². The van der Waals surface area contributed by atoms with Crippen molar-refractivity contribution in [2.45, 2.75) is 77.9 Å². The summed E-state index contributed by atoms with van der Waals surface area (Å²) in [6.45, 7) is 10.6.